The standard InChI is InChI=1S/C19H29NO10/c1-10(2)9-15(21)17(23,24)18(25,26)16(22)12-8-14(30-4)13(29-3)7-11(12)5-6-20(16)19(15,27)28/h7-8,10,21-28H,5-6,9H2,1-4H3. The lowest BCUT2D eigenvalue weighted by Crippen LogP contribution is -2.92. The van der Waals surface area contributed by atoms with Gasteiger partial charge in [0.1, 0.15) is 0 Å². The fourth-order valence-corrected chi connectivity index (χ4v) is 4.61. The third-order valence-electron chi connectivity index (χ3n) is 6.16. The van der Waals surface area contributed by atoms with E-state index in [4.69, 9.17) is 9.47 Å². The molecule has 2 unspecified atom stereocenters. The van der Waals surface area contributed by atoms with Crippen LogP contribution in [-0.4, -0.2) is 89.6 Å². The van der Waals surface area contributed by atoms with Crippen molar-refractivity contribution in [3.05, 3.63) is 23.3 Å². The van der Waals surface area contributed by atoms with Gasteiger partial charge in [-0.3, -0.25) is 0 Å². The van der Waals surface area contributed by atoms with Gasteiger partial charge in [0.25, 0.3) is 17.5 Å². The zero-order valence-corrected chi connectivity index (χ0v) is 17.2. The zero-order valence-electron chi connectivity index (χ0n) is 17.2. The molecular weight excluding hydrogens is 402 g/mol. The zero-order chi connectivity index (χ0) is 22.9. The highest BCUT2D eigenvalue weighted by Gasteiger charge is 2.84. The molecule has 2 aliphatic heterocycles. The molecule has 0 amide bonds. The molecule has 2 atom stereocenters. The number of methoxy groups -OCH3 is 2. The number of piperidine rings is 1. The first-order valence-corrected chi connectivity index (χ1v) is 9.45. The maximum atomic E-state index is 11.5. The number of fused-ring (bicyclic) bond motifs is 3. The molecule has 2 aliphatic rings. The average Bonchev–Trinajstić information content (AvgIpc) is 2.65. The number of hydrogen-bond donors (Lipinski definition) is 8. The van der Waals surface area contributed by atoms with E-state index in [1.807, 2.05) is 0 Å². The third-order valence-corrected chi connectivity index (χ3v) is 6.16. The fraction of sp³-hybridized carbons (Fsp3) is 0.684. The minimum Gasteiger partial charge on any atom is -0.493 e. The van der Waals surface area contributed by atoms with Gasteiger partial charge >= 0.3 is 0 Å². The summed E-state index contributed by atoms with van der Waals surface area (Å²) in [4.78, 5) is 0.432. The van der Waals surface area contributed by atoms with E-state index in [0.29, 0.717) is 10.5 Å². The van der Waals surface area contributed by atoms with Gasteiger partial charge in [-0.15, -0.1) is 0 Å². The Kier molecular flexibility index (Phi) is 5.19. The van der Waals surface area contributed by atoms with Crippen LogP contribution in [0.4, 0.5) is 0 Å². The summed E-state index contributed by atoms with van der Waals surface area (Å²) in [6.45, 7) is 2.71. The molecule has 0 aliphatic carbocycles. The van der Waals surface area contributed by atoms with E-state index in [0.717, 1.165) is 0 Å². The van der Waals surface area contributed by atoms with Gasteiger partial charge < -0.3 is 50.3 Å². The Balaban J connectivity index is 2.33. The summed E-state index contributed by atoms with van der Waals surface area (Å²) in [7, 11) is 2.68. The molecule has 0 aromatic heterocycles. The van der Waals surface area contributed by atoms with E-state index in [2.05, 4.69) is 0 Å². The number of nitrogens with zero attached hydrogens (tertiary/aromatic N) is 1. The van der Waals surface area contributed by atoms with Crippen LogP contribution < -0.4 is 9.47 Å². The first kappa shape index (κ1) is 23.1. The summed E-state index contributed by atoms with van der Waals surface area (Å²) in [5, 5.41) is 87.4. The number of benzene rings is 1. The van der Waals surface area contributed by atoms with Crippen LogP contribution in [0.2, 0.25) is 0 Å². The molecule has 0 saturated carbocycles. The molecule has 1 aromatic rings. The molecule has 0 radical (unpaired) electrons. The summed E-state index contributed by atoms with van der Waals surface area (Å²) in [5.74, 6) is -11.5. The van der Waals surface area contributed by atoms with Gasteiger partial charge in [-0.1, -0.05) is 13.8 Å². The molecule has 2 heterocycles. The van der Waals surface area contributed by atoms with Crippen LogP contribution in [0.15, 0.2) is 12.1 Å². The Morgan fingerprint density at radius 2 is 1.43 bits per heavy atom. The van der Waals surface area contributed by atoms with Gasteiger partial charge in [-0.2, -0.15) is 0 Å². The second-order valence-electron chi connectivity index (χ2n) is 8.38. The maximum Gasteiger partial charge on any atom is 0.270 e. The fourth-order valence-electron chi connectivity index (χ4n) is 4.61. The first-order chi connectivity index (χ1) is 13.6. The minimum absolute atomic E-state index is 0.0632. The van der Waals surface area contributed by atoms with Crippen LogP contribution in [0.5, 0.6) is 11.5 Å². The van der Waals surface area contributed by atoms with Gasteiger partial charge in [0.15, 0.2) is 17.1 Å². The molecular formula is C19H29NO10. The largest absolute Gasteiger partial charge is 0.493 e. The number of ether oxygens (including phenoxy) is 2. The Labute approximate surface area is 173 Å². The number of aliphatic hydroxyl groups is 8. The van der Waals surface area contributed by atoms with Crippen LogP contribution in [0, 0.1) is 5.92 Å². The number of rotatable bonds is 4. The van der Waals surface area contributed by atoms with Crippen molar-refractivity contribution < 1.29 is 50.3 Å². The van der Waals surface area contributed by atoms with Crippen molar-refractivity contribution in [2.75, 3.05) is 20.8 Å². The molecule has 8 N–H and O–H groups in total. The minimum atomic E-state index is -3.97. The predicted molar refractivity (Wildman–Crippen MR) is 99.8 cm³/mol. The van der Waals surface area contributed by atoms with Gasteiger partial charge in [0.05, 0.1) is 14.2 Å². The summed E-state index contributed by atoms with van der Waals surface area (Å²) in [6.07, 6.45) is -0.584. The monoisotopic (exact) mass is 431 g/mol. The maximum absolute atomic E-state index is 11.5. The van der Waals surface area contributed by atoms with E-state index >= 15 is 0 Å². The van der Waals surface area contributed by atoms with Crippen molar-refractivity contribution in [2.45, 2.75) is 55.5 Å². The normalized spacial score (nSPS) is 31.8. The molecule has 11 nitrogen and oxygen atoms in total. The van der Waals surface area contributed by atoms with E-state index in [9.17, 15) is 40.9 Å². The van der Waals surface area contributed by atoms with Crippen LogP contribution in [0.25, 0.3) is 0 Å². The van der Waals surface area contributed by atoms with Gasteiger partial charge in [0.2, 0.25) is 5.72 Å². The molecule has 170 valence electrons. The first-order valence-electron chi connectivity index (χ1n) is 9.45. The summed E-state index contributed by atoms with van der Waals surface area (Å²) in [6, 6.07) is 2.61. The van der Waals surface area contributed by atoms with E-state index in [1.54, 1.807) is 13.8 Å². The van der Waals surface area contributed by atoms with E-state index in [1.165, 1.54) is 26.4 Å². The summed E-state index contributed by atoms with van der Waals surface area (Å²) < 4.78 is 10.4. The van der Waals surface area contributed by atoms with Crippen molar-refractivity contribution >= 4 is 0 Å². The van der Waals surface area contributed by atoms with Crippen molar-refractivity contribution in [3.63, 3.8) is 0 Å². The molecule has 1 saturated heterocycles. The molecule has 1 fully saturated rings. The topological polar surface area (TPSA) is 184 Å². The smallest absolute Gasteiger partial charge is 0.270 e. The summed E-state index contributed by atoms with van der Waals surface area (Å²) >= 11 is 0. The van der Waals surface area contributed by atoms with Crippen LogP contribution in [0.3, 0.4) is 0 Å². The second kappa shape index (κ2) is 6.73. The quantitative estimate of drug-likeness (QED) is 0.236. The Bertz CT molecular complexity index is 839. The predicted octanol–water partition coefficient (Wildman–Crippen LogP) is -2.50. The molecule has 3 rings (SSSR count). The van der Waals surface area contributed by atoms with Crippen LogP contribution >= 0.6 is 0 Å². The number of hydrogen-bond acceptors (Lipinski definition) is 11. The summed E-state index contributed by atoms with van der Waals surface area (Å²) in [5.41, 5.74) is -6.41. The highest BCUT2D eigenvalue weighted by atomic mass is 16.7. The Morgan fingerprint density at radius 3 is 1.93 bits per heavy atom. The van der Waals surface area contributed by atoms with Crippen LogP contribution in [0.1, 0.15) is 31.4 Å². The highest BCUT2D eigenvalue weighted by Crippen LogP contribution is 2.58. The Morgan fingerprint density at radius 1 is 0.900 bits per heavy atom. The van der Waals surface area contributed by atoms with Gasteiger partial charge in [0, 0.05) is 12.1 Å². The molecule has 11 heteroatoms. The third kappa shape index (κ3) is 2.52. The lowest BCUT2D eigenvalue weighted by Gasteiger charge is -2.66. The van der Waals surface area contributed by atoms with Crippen molar-refractivity contribution in [1.82, 2.24) is 4.90 Å². The average molecular weight is 431 g/mol. The lowest BCUT2D eigenvalue weighted by atomic mass is 9.66. The van der Waals surface area contributed by atoms with Crippen LogP contribution in [-0.2, 0) is 12.1 Å². The van der Waals surface area contributed by atoms with E-state index in [-0.39, 0.29) is 30.0 Å². The van der Waals surface area contributed by atoms with Crippen molar-refractivity contribution in [2.24, 2.45) is 5.92 Å². The van der Waals surface area contributed by atoms with Crippen molar-refractivity contribution in [3.8, 4) is 11.5 Å². The molecule has 0 bridgehead atoms. The van der Waals surface area contributed by atoms with Gasteiger partial charge in [-0.25, -0.2) is 4.90 Å². The van der Waals surface area contributed by atoms with Gasteiger partial charge in [-0.05, 0) is 36.5 Å². The van der Waals surface area contributed by atoms with E-state index < -0.39 is 41.2 Å². The lowest BCUT2D eigenvalue weighted by molar-refractivity contribution is -0.571. The SMILES string of the molecule is COc1cc2c(cc1OC)C1(O)N(CC2)C(O)(O)C(O)(CC(C)C)C(O)(O)C1(O)O. The molecule has 30 heavy (non-hydrogen) atoms. The second-order valence-corrected chi connectivity index (χ2v) is 8.38. The highest BCUT2D eigenvalue weighted by molar-refractivity contribution is 5.52. The molecule has 0 spiro atoms. The molecule has 1 aromatic carbocycles. The van der Waals surface area contributed by atoms with Crippen molar-refractivity contribution in [1.29, 1.82) is 0 Å². The Hall–Kier alpha value is -1.54.